The highest BCUT2D eigenvalue weighted by molar-refractivity contribution is 7.20. The van der Waals surface area contributed by atoms with Gasteiger partial charge in [0.15, 0.2) is 0 Å². The molecule has 2 heterocycles. The van der Waals surface area contributed by atoms with E-state index in [9.17, 15) is 4.79 Å². The van der Waals surface area contributed by atoms with E-state index in [0.717, 1.165) is 33.9 Å². The van der Waals surface area contributed by atoms with Crippen LogP contribution in [0.25, 0.3) is 15.3 Å². The van der Waals surface area contributed by atoms with E-state index in [-0.39, 0.29) is 5.91 Å². The van der Waals surface area contributed by atoms with Gasteiger partial charge in [0.1, 0.15) is 11.6 Å². The van der Waals surface area contributed by atoms with Crippen molar-refractivity contribution in [1.29, 1.82) is 0 Å². The number of thiazole rings is 1. The van der Waals surface area contributed by atoms with Crippen LogP contribution in [0, 0.1) is 6.92 Å². The number of benzene rings is 2. The molecular formula is C23H22N4O2S. The minimum Gasteiger partial charge on any atom is -0.497 e. The molecule has 152 valence electrons. The number of amides is 1. The van der Waals surface area contributed by atoms with Crippen LogP contribution in [0.5, 0.6) is 5.75 Å². The van der Waals surface area contributed by atoms with Crippen LogP contribution in [0.2, 0.25) is 0 Å². The van der Waals surface area contributed by atoms with E-state index in [1.54, 1.807) is 47.4 Å². The van der Waals surface area contributed by atoms with Crippen LogP contribution < -0.4 is 10.1 Å². The van der Waals surface area contributed by atoms with Crippen LogP contribution in [0.1, 0.15) is 40.0 Å². The van der Waals surface area contributed by atoms with Gasteiger partial charge in [0.2, 0.25) is 5.13 Å². The highest BCUT2D eigenvalue weighted by Gasteiger charge is 2.17. The number of aryl methyl sites for hydroxylation is 3. The first-order chi connectivity index (χ1) is 14.6. The molecule has 6 nitrogen and oxygen atoms in total. The summed E-state index contributed by atoms with van der Waals surface area (Å²) in [5, 5.41) is 8.30. The number of nitrogens with zero attached hydrogens (tertiary/aromatic N) is 3. The lowest BCUT2D eigenvalue weighted by molar-refractivity contribution is 0.102. The standard InChI is InChI=1S/C23H22N4O2S/c1-14-11-21(25-22(28)15-7-9-18(29-2)10-8-15)27(26-14)23-24-19-12-16-5-3-4-6-17(16)13-20(19)30-23/h7-13H,3-6H2,1-2H3,(H,25,28). The molecule has 0 fully saturated rings. The molecule has 1 aliphatic rings. The largest absolute Gasteiger partial charge is 0.497 e. The first-order valence-corrected chi connectivity index (χ1v) is 10.9. The smallest absolute Gasteiger partial charge is 0.256 e. The second-order valence-corrected chi connectivity index (χ2v) is 8.57. The Balaban J connectivity index is 1.47. The molecule has 0 unspecified atom stereocenters. The van der Waals surface area contributed by atoms with Gasteiger partial charge in [0.25, 0.3) is 5.91 Å². The topological polar surface area (TPSA) is 69.0 Å². The van der Waals surface area contributed by atoms with E-state index in [4.69, 9.17) is 9.72 Å². The van der Waals surface area contributed by atoms with E-state index in [1.165, 1.54) is 24.0 Å². The van der Waals surface area contributed by atoms with Crippen LogP contribution >= 0.6 is 11.3 Å². The third-order valence-corrected chi connectivity index (χ3v) is 6.44. The molecule has 7 heteroatoms. The predicted octanol–water partition coefficient (Wildman–Crippen LogP) is 4.93. The van der Waals surface area contributed by atoms with Crippen LogP contribution in [0.15, 0.2) is 42.5 Å². The van der Waals surface area contributed by atoms with Crippen molar-refractivity contribution in [1.82, 2.24) is 14.8 Å². The molecule has 2 aromatic carbocycles. The van der Waals surface area contributed by atoms with Crippen LogP contribution in [0.4, 0.5) is 5.82 Å². The van der Waals surface area contributed by atoms with Gasteiger partial charge in [-0.2, -0.15) is 9.78 Å². The summed E-state index contributed by atoms with van der Waals surface area (Å²) >= 11 is 1.60. The molecule has 0 saturated carbocycles. The van der Waals surface area contributed by atoms with Gasteiger partial charge in [0, 0.05) is 11.6 Å². The van der Waals surface area contributed by atoms with Crippen molar-refractivity contribution in [3.05, 3.63) is 64.8 Å². The molecule has 30 heavy (non-hydrogen) atoms. The number of carbonyl (C=O) groups excluding carboxylic acids is 1. The molecule has 0 aliphatic heterocycles. The maximum atomic E-state index is 12.7. The second kappa shape index (κ2) is 7.57. The SMILES string of the molecule is COc1ccc(C(=O)Nc2cc(C)nn2-c2nc3cc4c(cc3s2)CCCC4)cc1. The Labute approximate surface area is 178 Å². The molecule has 0 spiro atoms. The maximum absolute atomic E-state index is 12.7. The van der Waals surface area contributed by atoms with Crippen LogP contribution in [0.3, 0.4) is 0 Å². The lowest BCUT2D eigenvalue weighted by Crippen LogP contribution is -2.15. The number of anilines is 1. The fourth-order valence-corrected chi connectivity index (χ4v) is 4.88. The molecule has 0 atom stereocenters. The second-order valence-electron chi connectivity index (χ2n) is 7.56. The van der Waals surface area contributed by atoms with Gasteiger partial charge < -0.3 is 10.1 Å². The minimum absolute atomic E-state index is 0.199. The molecule has 0 bridgehead atoms. The van der Waals surface area contributed by atoms with Crippen molar-refractivity contribution in [2.75, 3.05) is 12.4 Å². The number of fused-ring (bicyclic) bond motifs is 2. The van der Waals surface area contributed by atoms with Gasteiger partial charge in [-0.15, -0.1) is 0 Å². The fourth-order valence-electron chi connectivity index (χ4n) is 3.90. The summed E-state index contributed by atoms with van der Waals surface area (Å²) in [6.45, 7) is 1.91. The average molecular weight is 419 g/mol. The maximum Gasteiger partial charge on any atom is 0.256 e. The van der Waals surface area contributed by atoms with Gasteiger partial charge in [-0.25, -0.2) is 4.98 Å². The Kier molecular flexibility index (Phi) is 4.75. The number of carbonyl (C=O) groups is 1. The summed E-state index contributed by atoms with van der Waals surface area (Å²) in [7, 11) is 1.60. The van der Waals surface area contributed by atoms with Crippen molar-refractivity contribution in [3.63, 3.8) is 0 Å². The summed E-state index contributed by atoms with van der Waals surface area (Å²) in [6.07, 6.45) is 4.77. The molecule has 5 rings (SSSR count). The third kappa shape index (κ3) is 3.45. The molecule has 4 aromatic rings. The van der Waals surface area contributed by atoms with E-state index in [1.807, 2.05) is 13.0 Å². The molecule has 0 saturated heterocycles. The molecule has 1 N–H and O–H groups in total. The Morgan fingerprint density at radius 3 is 2.57 bits per heavy atom. The lowest BCUT2D eigenvalue weighted by Gasteiger charge is -2.14. The number of ether oxygens (including phenoxy) is 1. The zero-order valence-corrected chi connectivity index (χ0v) is 17.8. The summed E-state index contributed by atoms with van der Waals surface area (Å²) in [5.41, 5.74) is 5.22. The first kappa shape index (κ1) is 18.8. The number of hydrogen-bond donors (Lipinski definition) is 1. The monoisotopic (exact) mass is 418 g/mol. The van der Waals surface area contributed by atoms with E-state index in [0.29, 0.717) is 17.1 Å². The highest BCUT2D eigenvalue weighted by atomic mass is 32.1. The number of hydrogen-bond acceptors (Lipinski definition) is 5. The van der Waals surface area contributed by atoms with Gasteiger partial charge in [-0.3, -0.25) is 4.79 Å². The van der Waals surface area contributed by atoms with Crippen molar-refractivity contribution < 1.29 is 9.53 Å². The minimum atomic E-state index is -0.199. The fraction of sp³-hybridized carbons (Fsp3) is 0.261. The van der Waals surface area contributed by atoms with Gasteiger partial charge >= 0.3 is 0 Å². The highest BCUT2D eigenvalue weighted by Crippen LogP contribution is 2.32. The van der Waals surface area contributed by atoms with Crippen molar-refractivity contribution in [2.45, 2.75) is 32.6 Å². The predicted molar refractivity (Wildman–Crippen MR) is 119 cm³/mol. The summed E-state index contributed by atoms with van der Waals surface area (Å²) < 4.78 is 8.04. The zero-order chi connectivity index (χ0) is 20.7. The van der Waals surface area contributed by atoms with Crippen molar-refractivity contribution >= 4 is 33.3 Å². The number of aromatic nitrogens is 3. The van der Waals surface area contributed by atoms with E-state index < -0.39 is 0 Å². The molecular weight excluding hydrogens is 396 g/mol. The Hall–Kier alpha value is -3.19. The van der Waals surface area contributed by atoms with Crippen molar-refractivity contribution in [3.8, 4) is 10.9 Å². The third-order valence-electron chi connectivity index (χ3n) is 5.45. The normalized spacial score (nSPS) is 13.3. The van der Waals surface area contributed by atoms with Gasteiger partial charge in [-0.05, 0) is 80.1 Å². The summed E-state index contributed by atoms with van der Waals surface area (Å²) in [6, 6.07) is 13.4. The molecule has 1 amide bonds. The molecule has 2 aromatic heterocycles. The summed E-state index contributed by atoms with van der Waals surface area (Å²) in [5.74, 6) is 1.12. The van der Waals surface area contributed by atoms with Crippen molar-refractivity contribution in [2.24, 2.45) is 0 Å². The lowest BCUT2D eigenvalue weighted by atomic mass is 9.92. The van der Waals surface area contributed by atoms with Gasteiger partial charge in [-0.1, -0.05) is 11.3 Å². The number of nitrogens with one attached hydrogen (secondary N) is 1. The quantitative estimate of drug-likeness (QED) is 0.510. The van der Waals surface area contributed by atoms with E-state index >= 15 is 0 Å². The van der Waals surface area contributed by atoms with Crippen LogP contribution in [-0.4, -0.2) is 27.8 Å². The van der Waals surface area contributed by atoms with Crippen LogP contribution in [-0.2, 0) is 12.8 Å². The number of rotatable bonds is 4. The van der Waals surface area contributed by atoms with E-state index in [2.05, 4.69) is 22.5 Å². The first-order valence-electron chi connectivity index (χ1n) is 10.1. The molecule has 1 aliphatic carbocycles. The molecule has 0 radical (unpaired) electrons. The Bertz CT molecular complexity index is 1200. The number of methoxy groups -OCH3 is 1. The Morgan fingerprint density at radius 1 is 1.10 bits per heavy atom. The average Bonchev–Trinajstić information content (AvgIpc) is 3.34. The zero-order valence-electron chi connectivity index (χ0n) is 16.9. The Morgan fingerprint density at radius 2 is 1.83 bits per heavy atom. The van der Waals surface area contributed by atoms with Gasteiger partial charge in [0.05, 0.1) is 23.0 Å². The summed E-state index contributed by atoms with van der Waals surface area (Å²) in [4.78, 5) is 17.6.